The number of nitrogens with zero attached hydrogens (tertiary/aromatic N) is 3. The van der Waals surface area contributed by atoms with Gasteiger partial charge in [0.2, 0.25) is 5.91 Å². The molecule has 1 atom stereocenters. The minimum absolute atomic E-state index is 0.00986. The van der Waals surface area contributed by atoms with Crippen molar-refractivity contribution in [1.82, 2.24) is 14.7 Å². The van der Waals surface area contributed by atoms with Crippen LogP contribution < -0.4 is 0 Å². The molecule has 0 N–H and O–H groups in total. The maximum absolute atomic E-state index is 13.6. The third-order valence-corrected chi connectivity index (χ3v) is 6.40. The number of benzene rings is 1. The van der Waals surface area contributed by atoms with Crippen LogP contribution in [0.5, 0.6) is 0 Å². The number of aromatic nitrogens is 2. The van der Waals surface area contributed by atoms with Gasteiger partial charge in [-0.05, 0) is 28.8 Å². The van der Waals surface area contributed by atoms with Gasteiger partial charge in [-0.15, -0.1) is 11.3 Å². The van der Waals surface area contributed by atoms with Crippen LogP contribution in [-0.4, -0.2) is 27.1 Å². The molecule has 0 fully saturated rings. The Morgan fingerprint density at radius 3 is 2.73 bits per heavy atom. The average molecular weight is 452 g/mol. The Labute approximate surface area is 180 Å². The van der Waals surface area contributed by atoms with Crippen molar-refractivity contribution in [3.05, 3.63) is 75.2 Å². The molecule has 4 rings (SSSR count). The zero-order valence-electron chi connectivity index (χ0n) is 15.9. The maximum atomic E-state index is 13.6. The summed E-state index contributed by atoms with van der Waals surface area (Å²) in [6.45, 7) is 4.27. The van der Waals surface area contributed by atoms with Crippen molar-refractivity contribution >= 4 is 28.8 Å². The summed E-state index contributed by atoms with van der Waals surface area (Å²) in [5, 5.41) is 3.64. The van der Waals surface area contributed by atoms with Gasteiger partial charge in [0.05, 0.1) is 10.9 Å². The van der Waals surface area contributed by atoms with Gasteiger partial charge in [-0.2, -0.15) is 18.3 Å². The number of aryl methyl sites for hydroxylation is 1. The van der Waals surface area contributed by atoms with Crippen LogP contribution in [0.2, 0.25) is 4.34 Å². The molecular weight excluding hydrogens is 435 g/mol. The second kappa shape index (κ2) is 7.59. The van der Waals surface area contributed by atoms with Crippen molar-refractivity contribution in [1.29, 1.82) is 0 Å². The molecule has 0 saturated carbocycles. The predicted octanol–water partition coefficient (Wildman–Crippen LogP) is 5.48. The Bertz CT molecular complexity index is 1130. The summed E-state index contributed by atoms with van der Waals surface area (Å²) in [6, 6.07) is 8.77. The molecule has 0 bridgehead atoms. The van der Waals surface area contributed by atoms with E-state index in [2.05, 4.69) is 11.7 Å². The number of halogens is 4. The fourth-order valence-electron chi connectivity index (χ4n) is 3.89. The molecule has 0 spiro atoms. The van der Waals surface area contributed by atoms with E-state index in [-0.39, 0.29) is 17.4 Å². The molecule has 0 saturated heterocycles. The largest absolute Gasteiger partial charge is 0.435 e. The van der Waals surface area contributed by atoms with Gasteiger partial charge in [0.15, 0.2) is 5.69 Å². The Morgan fingerprint density at radius 1 is 1.30 bits per heavy atom. The molecule has 0 unspecified atom stereocenters. The number of hydrogen-bond donors (Lipinski definition) is 0. The fourth-order valence-corrected chi connectivity index (χ4v) is 5.25. The van der Waals surface area contributed by atoms with Crippen LogP contribution in [0.25, 0.3) is 11.1 Å². The highest BCUT2D eigenvalue weighted by Gasteiger charge is 2.39. The minimum Gasteiger partial charge on any atom is -0.333 e. The zero-order valence-corrected chi connectivity index (χ0v) is 17.5. The van der Waals surface area contributed by atoms with Gasteiger partial charge >= 0.3 is 6.18 Å². The number of alkyl halides is 3. The molecule has 0 radical (unpaired) electrons. The van der Waals surface area contributed by atoms with Crippen LogP contribution in [-0.2, 0) is 24.6 Å². The SMILES string of the molecule is C=CC(=O)N1Cc2sc(Cl)cc2[C@H](c2ccccc2-c2cn(C)nc2C(F)(F)F)C1. The highest BCUT2D eigenvalue weighted by molar-refractivity contribution is 7.16. The molecule has 1 aliphatic rings. The van der Waals surface area contributed by atoms with Gasteiger partial charge in [-0.3, -0.25) is 9.48 Å². The summed E-state index contributed by atoms with van der Waals surface area (Å²) in [5.74, 6) is -0.552. The number of amides is 1. The monoisotopic (exact) mass is 451 g/mol. The van der Waals surface area contributed by atoms with Gasteiger partial charge in [-0.25, -0.2) is 0 Å². The van der Waals surface area contributed by atoms with E-state index in [9.17, 15) is 18.0 Å². The molecular formula is C21H17ClF3N3OS. The van der Waals surface area contributed by atoms with Gasteiger partial charge in [-0.1, -0.05) is 42.4 Å². The van der Waals surface area contributed by atoms with Crippen LogP contribution in [0.1, 0.15) is 27.6 Å². The Hall–Kier alpha value is -2.58. The predicted molar refractivity (Wildman–Crippen MR) is 110 cm³/mol. The lowest BCUT2D eigenvalue weighted by atomic mass is 9.84. The van der Waals surface area contributed by atoms with Crippen molar-refractivity contribution < 1.29 is 18.0 Å². The molecule has 1 amide bonds. The van der Waals surface area contributed by atoms with Gasteiger partial charge in [0.1, 0.15) is 0 Å². The quantitative estimate of drug-likeness (QED) is 0.494. The third-order valence-electron chi connectivity index (χ3n) is 5.13. The summed E-state index contributed by atoms with van der Waals surface area (Å²) in [6.07, 6.45) is -1.97. The molecule has 156 valence electrons. The zero-order chi connectivity index (χ0) is 21.6. The van der Waals surface area contributed by atoms with Crippen LogP contribution >= 0.6 is 22.9 Å². The number of thiophene rings is 1. The highest BCUT2D eigenvalue weighted by atomic mass is 35.5. The molecule has 2 aromatic heterocycles. The van der Waals surface area contributed by atoms with E-state index >= 15 is 0 Å². The topological polar surface area (TPSA) is 38.1 Å². The molecule has 1 aliphatic heterocycles. The van der Waals surface area contributed by atoms with E-state index in [4.69, 9.17) is 11.6 Å². The smallest absolute Gasteiger partial charge is 0.333 e. The van der Waals surface area contributed by atoms with E-state index in [0.29, 0.717) is 28.6 Å². The second-order valence-corrected chi connectivity index (χ2v) is 8.82. The van der Waals surface area contributed by atoms with Crippen molar-refractivity contribution in [3.8, 4) is 11.1 Å². The van der Waals surface area contributed by atoms with Crippen molar-refractivity contribution in [2.75, 3.05) is 6.54 Å². The first kappa shape index (κ1) is 20.7. The van der Waals surface area contributed by atoms with E-state index in [1.807, 2.05) is 6.07 Å². The molecule has 30 heavy (non-hydrogen) atoms. The minimum atomic E-state index is -4.59. The van der Waals surface area contributed by atoms with Crippen LogP contribution in [0.15, 0.2) is 49.2 Å². The molecule has 3 aromatic rings. The first-order chi connectivity index (χ1) is 14.2. The Morgan fingerprint density at radius 2 is 2.03 bits per heavy atom. The van der Waals surface area contributed by atoms with E-state index in [1.54, 1.807) is 29.2 Å². The third kappa shape index (κ3) is 3.65. The van der Waals surface area contributed by atoms with E-state index in [1.165, 1.54) is 30.7 Å². The van der Waals surface area contributed by atoms with E-state index in [0.717, 1.165) is 15.1 Å². The Balaban J connectivity index is 1.89. The number of hydrogen-bond acceptors (Lipinski definition) is 3. The number of fused-ring (bicyclic) bond motifs is 1. The highest BCUT2D eigenvalue weighted by Crippen LogP contribution is 2.44. The van der Waals surface area contributed by atoms with Crippen LogP contribution in [0.4, 0.5) is 13.2 Å². The van der Waals surface area contributed by atoms with Crippen molar-refractivity contribution in [3.63, 3.8) is 0 Å². The standard InChI is InChI=1S/C21H17ClF3N3OS/c1-3-19(29)28-10-15(14-8-18(22)30-17(14)11-28)12-6-4-5-7-13(12)16-9-27(2)26-20(16)21(23,24)25/h3-9,15H,1,10-11H2,2H3/t15-/m0/s1. The normalized spacial score (nSPS) is 16.4. The summed E-state index contributed by atoms with van der Waals surface area (Å²) in [5.41, 5.74) is 1.13. The number of rotatable bonds is 3. The lowest BCUT2D eigenvalue weighted by Crippen LogP contribution is -2.37. The number of carbonyl (C=O) groups is 1. The van der Waals surface area contributed by atoms with Gasteiger partial charge in [0, 0.05) is 36.1 Å². The van der Waals surface area contributed by atoms with Crippen molar-refractivity contribution in [2.45, 2.75) is 18.6 Å². The lowest BCUT2D eigenvalue weighted by Gasteiger charge is -2.33. The molecule has 3 heterocycles. The maximum Gasteiger partial charge on any atom is 0.435 e. The molecule has 0 aliphatic carbocycles. The van der Waals surface area contributed by atoms with E-state index < -0.39 is 11.9 Å². The summed E-state index contributed by atoms with van der Waals surface area (Å²) < 4.78 is 42.6. The van der Waals surface area contributed by atoms with Crippen LogP contribution in [0.3, 0.4) is 0 Å². The van der Waals surface area contributed by atoms with Gasteiger partial charge < -0.3 is 4.90 Å². The van der Waals surface area contributed by atoms with Crippen molar-refractivity contribution in [2.24, 2.45) is 7.05 Å². The molecule has 1 aromatic carbocycles. The summed E-state index contributed by atoms with van der Waals surface area (Å²) in [7, 11) is 1.46. The summed E-state index contributed by atoms with van der Waals surface area (Å²) in [4.78, 5) is 14.9. The van der Waals surface area contributed by atoms with Crippen LogP contribution in [0, 0.1) is 0 Å². The summed E-state index contributed by atoms with van der Waals surface area (Å²) >= 11 is 7.62. The molecule has 4 nitrogen and oxygen atoms in total. The average Bonchev–Trinajstić information content (AvgIpc) is 3.28. The number of carbonyl (C=O) groups excluding carboxylic acids is 1. The van der Waals surface area contributed by atoms with Gasteiger partial charge in [0.25, 0.3) is 0 Å². The first-order valence-corrected chi connectivity index (χ1v) is 10.3. The lowest BCUT2D eigenvalue weighted by molar-refractivity contribution is -0.141. The molecule has 9 heteroatoms. The Kier molecular flexibility index (Phi) is 5.23. The first-order valence-electron chi connectivity index (χ1n) is 9.08. The fraction of sp³-hybridized carbons (Fsp3) is 0.238. The second-order valence-electron chi connectivity index (χ2n) is 7.05.